The summed E-state index contributed by atoms with van der Waals surface area (Å²) in [5.41, 5.74) is 4.17. The van der Waals surface area contributed by atoms with E-state index in [1.807, 2.05) is 0 Å². The zero-order chi connectivity index (χ0) is 6.99. The predicted molar refractivity (Wildman–Crippen MR) is 34.5 cm³/mol. The number of hydrogen-bond acceptors (Lipinski definition) is 2. The van der Waals surface area contributed by atoms with E-state index in [2.05, 4.69) is 31.7 Å². The smallest absolute Gasteiger partial charge is 0.204 e. The Morgan fingerprint density at radius 2 is 1.75 bits per heavy atom. The number of carbonyl (C=O) groups excluding carboxylic acids is 1. The highest BCUT2D eigenvalue weighted by molar-refractivity contribution is 5.42. The summed E-state index contributed by atoms with van der Waals surface area (Å²) < 4.78 is 0. The van der Waals surface area contributed by atoms with Crippen LogP contribution in [0.2, 0.25) is 0 Å². The third kappa shape index (κ3) is 52.1. The number of nitrogens with two attached hydrogens (primary N) is 1. The Balaban J connectivity index is 0. The molecule has 8 heavy (non-hydrogen) atoms. The lowest BCUT2D eigenvalue weighted by molar-refractivity contribution is -0.106. The van der Waals surface area contributed by atoms with E-state index in [-0.39, 0.29) is 6.41 Å². The largest absolute Gasteiger partial charge is 0.372 e. The summed E-state index contributed by atoms with van der Waals surface area (Å²) in [6, 6.07) is 0. The molecule has 0 atom stereocenters. The van der Waals surface area contributed by atoms with Gasteiger partial charge in [0, 0.05) is 0 Å². The molecule has 0 aliphatic carbocycles. The Kier molecular flexibility index (Phi) is 12.6. The molecule has 0 aliphatic heterocycles. The molecule has 0 saturated heterocycles. The Morgan fingerprint density at radius 1 is 1.62 bits per heavy atom. The van der Waals surface area contributed by atoms with E-state index >= 15 is 0 Å². The first kappa shape index (κ1) is 10.4. The van der Waals surface area contributed by atoms with Crippen LogP contribution in [0.1, 0.15) is 6.92 Å². The van der Waals surface area contributed by atoms with Crippen LogP contribution in [0.15, 0.2) is 0 Å². The highest BCUT2D eigenvalue weighted by Crippen LogP contribution is 1.63. The van der Waals surface area contributed by atoms with Crippen molar-refractivity contribution in [2.24, 2.45) is 5.73 Å². The Labute approximate surface area is 50.5 Å². The number of amides is 1. The van der Waals surface area contributed by atoms with Crippen molar-refractivity contribution in [1.29, 1.82) is 0 Å². The van der Waals surface area contributed by atoms with Gasteiger partial charge >= 0.3 is 0 Å². The van der Waals surface area contributed by atoms with Crippen LogP contribution in [0.4, 0.5) is 0 Å². The molecule has 0 unspecified atom stereocenters. The number of primary amides is 1. The quantitative estimate of drug-likeness (QED) is 0.479. The summed E-state index contributed by atoms with van der Waals surface area (Å²) in [4.78, 5) is 10.7. The maximum Gasteiger partial charge on any atom is 0.204 e. The van der Waals surface area contributed by atoms with Gasteiger partial charge in [-0.1, -0.05) is 6.92 Å². The van der Waals surface area contributed by atoms with Crippen molar-refractivity contribution in [3.05, 3.63) is 0 Å². The van der Waals surface area contributed by atoms with Gasteiger partial charge in [-0.3, -0.25) is 4.79 Å². The highest BCUT2D eigenvalue weighted by atomic mass is 16.1. The number of carbonyl (C=O) groups is 1. The van der Waals surface area contributed by atoms with Crippen molar-refractivity contribution >= 4 is 6.41 Å². The van der Waals surface area contributed by atoms with Gasteiger partial charge in [0.05, 0.1) is 0 Å². The fourth-order valence-electron chi connectivity index (χ4n) is 0. The van der Waals surface area contributed by atoms with Crippen molar-refractivity contribution in [2.75, 3.05) is 20.6 Å². The molecule has 2 N–H and O–H groups in total. The Morgan fingerprint density at radius 3 is 1.75 bits per heavy atom. The summed E-state index contributed by atoms with van der Waals surface area (Å²) in [6.45, 7) is 3.26. The lowest BCUT2D eigenvalue weighted by Gasteiger charge is -2.00. The second kappa shape index (κ2) is 9.66. The molecule has 0 spiro atoms. The average molecular weight is 118 g/mol. The molecule has 0 heterocycles. The van der Waals surface area contributed by atoms with Gasteiger partial charge in [0.15, 0.2) is 0 Å². The van der Waals surface area contributed by atoms with Gasteiger partial charge in [-0.15, -0.1) is 0 Å². The minimum atomic E-state index is 0.250. The molecule has 0 aromatic heterocycles. The van der Waals surface area contributed by atoms with E-state index in [9.17, 15) is 0 Å². The van der Waals surface area contributed by atoms with E-state index in [1.165, 1.54) is 0 Å². The third-order valence-corrected chi connectivity index (χ3v) is 0.632. The molecule has 0 aromatic rings. The van der Waals surface area contributed by atoms with Gasteiger partial charge in [0.25, 0.3) is 0 Å². The maximum absolute atomic E-state index is 8.58. The molecule has 0 saturated carbocycles. The first-order valence-corrected chi connectivity index (χ1v) is 2.49. The predicted octanol–water partition coefficient (Wildman–Crippen LogP) is -0.331. The lowest BCUT2D eigenvalue weighted by Crippen LogP contribution is -2.08. The van der Waals surface area contributed by atoms with Gasteiger partial charge in [0.1, 0.15) is 0 Å². The van der Waals surface area contributed by atoms with E-state index < -0.39 is 0 Å². The molecule has 50 valence electrons. The monoisotopic (exact) mass is 118 g/mol. The van der Waals surface area contributed by atoms with Crippen LogP contribution in [0.3, 0.4) is 0 Å². The van der Waals surface area contributed by atoms with Crippen molar-refractivity contribution in [3.8, 4) is 0 Å². The minimum absolute atomic E-state index is 0.250. The molecule has 3 nitrogen and oxygen atoms in total. The van der Waals surface area contributed by atoms with Gasteiger partial charge in [-0.25, -0.2) is 0 Å². The summed E-state index contributed by atoms with van der Waals surface area (Å²) >= 11 is 0. The molecule has 0 rings (SSSR count). The fourth-order valence-corrected chi connectivity index (χ4v) is 0. The molecule has 0 aliphatic rings. The average Bonchev–Trinajstić information content (AvgIpc) is 1.69. The van der Waals surface area contributed by atoms with Gasteiger partial charge in [0.2, 0.25) is 6.41 Å². The molecule has 1 amide bonds. The van der Waals surface area contributed by atoms with Crippen molar-refractivity contribution < 1.29 is 4.79 Å². The van der Waals surface area contributed by atoms with E-state index in [4.69, 9.17) is 4.79 Å². The molecular formula is C5H14N2O. The maximum atomic E-state index is 8.58. The van der Waals surface area contributed by atoms with Crippen LogP contribution in [0.5, 0.6) is 0 Å². The molecule has 0 bridgehead atoms. The van der Waals surface area contributed by atoms with Crippen LogP contribution < -0.4 is 5.73 Å². The molecule has 0 aromatic carbocycles. The first-order valence-electron chi connectivity index (χ1n) is 2.49. The van der Waals surface area contributed by atoms with Crippen LogP contribution in [0.25, 0.3) is 0 Å². The Hall–Kier alpha value is -0.570. The topological polar surface area (TPSA) is 46.3 Å². The third-order valence-electron chi connectivity index (χ3n) is 0.632. The minimum Gasteiger partial charge on any atom is -0.372 e. The van der Waals surface area contributed by atoms with Crippen molar-refractivity contribution in [1.82, 2.24) is 4.90 Å². The number of hydrogen-bond donors (Lipinski definition) is 1. The van der Waals surface area contributed by atoms with Crippen molar-refractivity contribution in [2.45, 2.75) is 6.92 Å². The molecular weight excluding hydrogens is 104 g/mol. The van der Waals surface area contributed by atoms with Crippen LogP contribution in [0, 0.1) is 0 Å². The summed E-state index contributed by atoms with van der Waals surface area (Å²) in [7, 11) is 4.11. The van der Waals surface area contributed by atoms with E-state index in [1.54, 1.807) is 0 Å². The first-order chi connectivity index (χ1) is 3.68. The number of rotatable bonds is 1. The van der Waals surface area contributed by atoms with Crippen LogP contribution in [-0.2, 0) is 4.79 Å². The van der Waals surface area contributed by atoms with Crippen LogP contribution >= 0.6 is 0 Å². The van der Waals surface area contributed by atoms with Crippen LogP contribution in [-0.4, -0.2) is 32.0 Å². The van der Waals surface area contributed by atoms with E-state index in [0.717, 1.165) is 6.54 Å². The van der Waals surface area contributed by atoms with Gasteiger partial charge < -0.3 is 10.6 Å². The fraction of sp³-hybridized carbons (Fsp3) is 0.800. The van der Waals surface area contributed by atoms with Crippen molar-refractivity contribution in [3.63, 3.8) is 0 Å². The molecule has 0 fully saturated rings. The summed E-state index contributed by atoms with van der Waals surface area (Å²) in [6.07, 6.45) is 0.250. The zero-order valence-electron chi connectivity index (χ0n) is 5.72. The summed E-state index contributed by atoms with van der Waals surface area (Å²) in [5.74, 6) is 0. The second-order valence-corrected chi connectivity index (χ2v) is 1.53. The molecule has 3 heteroatoms. The van der Waals surface area contributed by atoms with Gasteiger partial charge in [-0.05, 0) is 20.6 Å². The Bertz CT molecular complexity index is 45.7. The van der Waals surface area contributed by atoms with E-state index in [0.29, 0.717) is 0 Å². The molecule has 0 radical (unpaired) electrons. The summed E-state index contributed by atoms with van der Waals surface area (Å²) in [5, 5.41) is 0. The second-order valence-electron chi connectivity index (χ2n) is 1.53. The standard InChI is InChI=1S/C4H11N.CH3NO/c1-4-5(2)3;2-1-3/h4H2,1-3H3;1H,(H2,2,3). The lowest BCUT2D eigenvalue weighted by atomic mass is 10.7. The number of nitrogens with zero attached hydrogens (tertiary/aromatic N) is 1. The van der Waals surface area contributed by atoms with Gasteiger partial charge in [-0.2, -0.15) is 0 Å². The zero-order valence-corrected chi connectivity index (χ0v) is 5.72. The normalized spacial score (nSPS) is 7.50. The highest BCUT2D eigenvalue weighted by Gasteiger charge is 1.72. The SMILES string of the molecule is CCN(C)C.NC=O.